The number of hydrogen-bond donors (Lipinski definition) is 1. The summed E-state index contributed by atoms with van der Waals surface area (Å²) in [5.74, 6) is 1.37. The summed E-state index contributed by atoms with van der Waals surface area (Å²) in [7, 11) is 0. The fraction of sp³-hybridized carbons (Fsp3) is 0.533. The number of carbonyl (C=O) groups is 1. The van der Waals surface area contributed by atoms with Gasteiger partial charge in [0.2, 0.25) is 0 Å². The number of piperazine rings is 1. The molecule has 5 heteroatoms. The van der Waals surface area contributed by atoms with E-state index in [1.54, 1.807) is 0 Å². The Morgan fingerprint density at radius 1 is 1.15 bits per heavy atom. The van der Waals surface area contributed by atoms with E-state index in [4.69, 9.17) is 9.47 Å². The first-order chi connectivity index (χ1) is 9.88. The smallest absolute Gasteiger partial charge is 0.171 e. The molecule has 2 aliphatic heterocycles. The molecule has 0 radical (unpaired) electrons. The maximum absolute atomic E-state index is 11.1. The van der Waals surface area contributed by atoms with Gasteiger partial charge in [-0.25, -0.2) is 0 Å². The van der Waals surface area contributed by atoms with Gasteiger partial charge in [-0.3, -0.25) is 9.69 Å². The van der Waals surface area contributed by atoms with E-state index in [-0.39, 0.29) is 0 Å². The van der Waals surface area contributed by atoms with Crippen LogP contribution in [0.4, 0.5) is 0 Å². The van der Waals surface area contributed by atoms with Crippen molar-refractivity contribution in [1.29, 1.82) is 0 Å². The van der Waals surface area contributed by atoms with E-state index in [1.807, 2.05) is 12.1 Å². The Bertz CT molecular complexity index is 484. The van der Waals surface area contributed by atoms with Gasteiger partial charge >= 0.3 is 0 Å². The highest BCUT2D eigenvalue weighted by Crippen LogP contribution is 2.36. The number of nitrogens with one attached hydrogen (secondary N) is 1. The third kappa shape index (κ3) is 2.78. The van der Waals surface area contributed by atoms with Crippen molar-refractivity contribution < 1.29 is 14.3 Å². The van der Waals surface area contributed by atoms with Gasteiger partial charge in [0.1, 0.15) is 0 Å². The Hall–Kier alpha value is -1.59. The highest BCUT2D eigenvalue weighted by atomic mass is 16.5. The molecular weight excluding hydrogens is 256 g/mol. The molecule has 1 saturated heterocycles. The molecule has 0 amide bonds. The molecule has 0 aliphatic carbocycles. The molecule has 2 aliphatic rings. The monoisotopic (exact) mass is 276 g/mol. The molecule has 3 rings (SSSR count). The first-order valence-electron chi connectivity index (χ1n) is 7.18. The van der Waals surface area contributed by atoms with Gasteiger partial charge < -0.3 is 14.8 Å². The molecule has 0 bridgehead atoms. The molecule has 1 N–H and O–H groups in total. The topological polar surface area (TPSA) is 50.8 Å². The van der Waals surface area contributed by atoms with Crippen molar-refractivity contribution in [3.05, 3.63) is 23.3 Å². The lowest BCUT2D eigenvalue weighted by atomic mass is 10.1. The van der Waals surface area contributed by atoms with Crippen molar-refractivity contribution in [2.75, 3.05) is 39.4 Å². The number of ether oxygens (including phenoxy) is 2. The Morgan fingerprint density at radius 2 is 1.90 bits per heavy atom. The molecule has 0 unspecified atom stereocenters. The molecule has 20 heavy (non-hydrogen) atoms. The van der Waals surface area contributed by atoms with Crippen molar-refractivity contribution in [1.82, 2.24) is 10.2 Å². The average Bonchev–Trinajstić information content (AvgIpc) is 2.75. The fourth-order valence-electron chi connectivity index (χ4n) is 2.66. The zero-order valence-electron chi connectivity index (χ0n) is 11.6. The maximum Gasteiger partial charge on any atom is 0.171 e. The predicted octanol–water partition coefficient (Wildman–Crippen LogP) is 1.07. The van der Waals surface area contributed by atoms with Gasteiger partial charge in [0.15, 0.2) is 17.8 Å². The molecule has 0 saturated carbocycles. The van der Waals surface area contributed by atoms with Crippen molar-refractivity contribution in [3.63, 3.8) is 0 Å². The van der Waals surface area contributed by atoms with Crippen LogP contribution in [0.15, 0.2) is 12.1 Å². The zero-order valence-corrected chi connectivity index (χ0v) is 11.6. The fourth-order valence-corrected chi connectivity index (χ4v) is 2.66. The van der Waals surface area contributed by atoms with Gasteiger partial charge in [-0.15, -0.1) is 0 Å². The third-order valence-electron chi connectivity index (χ3n) is 3.74. The number of aldehydes is 1. The largest absolute Gasteiger partial charge is 0.489 e. The summed E-state index contributed by atoms with van der Waals surface area (Å²) in [5.41, 5.74) is 1.68. The van der Waals surface area contributed by atoms with E-state index >= 15 is 0 Å². The quantitative estimate of drug-likeness (QED) is 0.837. The molecule has 1 fully saturated rings. The Morgan fingerprint density at radius 3 is 2.65 bits per heavy atom. The van der Waals surface area contributed by atoms with Crippen LogP contribution in [0.5, 0.6) is 11.5 Å². The molecule has 1 aromatic rings. The van der Waals surface area contributed by atoms with E-state index < -0.39 is 0 Å². The first kappa shape index (κ1) is 13.4. The number of carbonyl (C=O) groups excluding carboxylic acids is 1. The molecule has 0 spiro atoms. The van der Waals surface area contributed by atoms with Crippen LogP contribution in [0.1, 0.15) is 22.3 Å². The van der Waals surface area contributed by atoms with E-state index in [2.05, 4.69) is 10.2 Å². The maximum atomic E-state index is 11.1. The second-order valence-corrected chi connectivity index (χ2v) is 5.17. The summed E-state index contributed by atoms with van der Waals surface area (Å²) in [5, 5.41) is 3.35. The minimum atomic E-state index is 0.575. The summed E-state index contributed by atoms with van der Waals surface area (Å²) < 4.78 is 11.6. The normalized spacial score (nSPS) is 19.4. The highest BCUT2D eigenvalue weighted by molar-refractivity contribution is 5.82. The third-order valence-corrected chi connectivity index (χ3v) is 3.74. The Balaban J connectivity index is 1.88. The molecule has 0 aromatic heterocycles. The zero-order chi connectivity index (χ0) is 13.8. The Labute approximate surface area is 118 Å². The van der Waals surface area contributed by atoms with Crippen molar-refractivity contribution in [2.45, 2.75) is 13.0 Å². The molecule has 108 valence electrons. The van der Waals surface area contributed by atoms with Gasteiger partial charge in [-0.05, 0) is 6.07 Å². The molecule has 0 atom stereocenters. The standard InChI is InChI=1S/C15H20N2O3/c18-11-13-3-2-12(10-17-6-4-16-5-7-17)14-15(13)20-9-1-8-19-14/h2-3,11,16H,1,4-10H2. The van der Waals surface area contributed by atoms with Crippen LogP contribution in [0.25, 0.3) is 0 Å². The van der Waals surface area contributed by atoms with Crippen molar-refractivity contribution in [3.8, 4) is 11.5 Å². The van der Waals surface area contributed by atoms with Crippen molar-refractivity contribution >= 4 is 6.29 Å². The van der Waals surface area contributed by atoms with E-state index in [9.17, 15) is 4.79 Å². The number of fused-ring (bicyclic) bond motifs is 1. The van der Waals surface area contributed by atoms with Gasteiger partial charge in [0.05, 0.1) is 18.8 Å². The molecule has 5 nitrogen and oxygen atoms in total. The second-order valence-electron chi connectivity index (χ2n) is 5.17. The van der Waals surface area contributed by atoms with Crippen LogP contribution in [0, 0.1) is 0 Å². The van der Waals surface area contributed by atoms with Crippen LogP contribution >= 0.6 is 0 Å². The van der Waals surface area contributed by atoms with Crippen LogP contribution < -0.4 is 14.8 Å². The molecular formula is C15H20N2O3. The highest BCUT2D eigenvalue weighted by Gasteiger charge is 2.20. The lowest BCUT2D eigenvalue weighted by Crippen LogP contribution is -2.42. The van der Waals surface area contributed by atoms with E-state index in [0.29, 0.717) is 24.5 Å². The number of nitrogens with zero attached hydrogens (tertiary/aromatic N) is 1. The average molecular weight is 276 g/mol. The minimum Gasteiger partial charge on any atom is -0.489 e. The minimum absolute atomic E-state index is 0.575. The summed E-state index contributed by atoms with van der Waals surface area (Å²) in [4.78, 5) is 13.5. The second kappa shape index (κ2) is 6.24. The lowest BCUT2D eigenvalue weighted by Gasteiger charge is -2.28. The lowest BCUT2D eigenvalue weighted by molar-refractivity contribution is 0.111. The van der Waals surface area contributed by atoms with Crippen molar-refractivity contribution in [2.24, 2.45) is 0 Å². The van der Waals surface area contributed by atoms with Gasteiger partial charge in [0.25, 0.3) is 0 Å². The summed E-state index contributed by atoms with van der Waals surface area (Å²) in [6, 6.07) is 3.82. The summed E-state index contributed by atoms with van der Waals surface area (Å²) in [6.07, 6.45) is 1.68. The van der Waals surface area contributed by atoms with E-state index in [1.165, 1.54) is 0 Å². The molecule has 2 heterocycles. The predicted molar refractivity (Wildman–Crippen MR) is 75.6 cm³/mol. The summed E-state index contributed by atoms with van der Waals surface area (Å²) in [6.45, 7) is 6.19. The van der Waals surface area contributed by atoms with E-state index in [0.717, 1.165) is 56.7 Å². The van der Waals surface area contributed by atoms with Gasteiger partial charge in [0, 0.05) is 44.7 Å². The Kier molecular flexibility index (Phi) is 4.18. The SMILES string of the molecule is O=Cc1ccc(CN2CCNCC2)c2c1OCCCO2. The van der Waals surface area contributed by atoms with Crippen LogP contribution in [0.2, 0.25) is 0 Å². The molecule has 1 aromatic carbocycles. The number of benzene rings is 1. The van der Waals surface area contributed by atoms with Crippen LogP contribution in [-0.2, 0) is 6.54 Å². The summed E-state index contributed by atoms with van der Waals surface area (Å²) >= 11 is 0. The van der Waals surface area contributed by atoms with Crippen LogP contribution in [0.3, 0.4) is 0 Å². The number of rotatable bonds is 3. The first-order valence-corrected chi connectivity index (χ1v) is 7.18. The van der Waals surface area contributed by atoms with Crippen LogP contribution in [-0.4, -0.2) is 50.6 Å². The number of hydrogen-bond acceptors (Lipinski definition) is 5. The van der Waals surface area contributed by atoms with Gasteiger partial charge in [-0.1, -0.05) is 6.07 Å². The van der Waals surface area contributed by atoms with Gasteiger partial charge in [-0.2, -0.15) is 0 Å².